The number of allylic oxidation sites excluding steroid dienone is 2. The lowest BCUT2D eigenvalue weighted by Gasteiger charge is -2.14. The molecule has 0 saturated heterocycles. The summed E-state index contributed by atoms with van der Waals surface area (Å²) in [6.45, 7) is 0. The summed E-state index contributed by atoms with van der Waals surface area (Å²) in [5.41, 5.74) is 3.97. The van der Waals surface area contributed by atoms with E-state index in [2.05, 4.69) is 4.98 Å². The van der Waals surface area contributed by atoms with Crippen LogP contribution in [0.5, 0.6) is 0 Å². The number of rotatable bonds is 4. The van der Waals surface area contributed by atoms with Crippen molar-refractivity contribution in [3.8, 4) is 11.8 Å². The third-order valence-corrected chi connectivity index (χ3v) is 4.08. The molecular weight excluding hydrogens is 395 g/mol. The molecule has 3 aromatic rings. The number of nitrogen functional groups attached to an aromatic ring is 1. The molecular formula is C21H15F3N5O+. The van der Waals surface area contributed by atoms with Gasteiger partial charge in [-0.25, -0.2) is 9.36 Å². The second-order valence-corrected chi connectivity index (χ2v) is 6.06. The number of aromatic nitrogens is 3. The molecule has 0 amide bonds. The van der Waals surface area contributed by atoms with Crippen molar-refractivity contribution in [1.29, 1.82) is 5.26 Å². The van der Waals surface area contributed by atoms with Crippen LogP contribution in [0.25, 0.3) is 18.0 Å². The fraction of sp³-hybridized carbons (Fsp3) is 0.0476. The van der Waals surface area contributed by atoms with Gasteiger partial charge in [0, 0.05) is 18.2 Å². The summed E-state index contributed by atoms with van der Waals surface area (Å²) in [6, 6.07) is 11.5. The van der Waals surface area contributed by atoms with Crippen LogP contribution in [0.3, 0.4) is 0 Å². The summed E-state index contributed by atoms with van der Waals surface area (Å²) >= 11 is 0. The van der Waals surface area contributed by atoms with Crippen molar-refractivity contribution in [2.75, 3.05) is 5.73 Å². The summed E-state index contributed by atoms with van der Waals surface area (Å²) in [5.74, 6) is -0.192. The molecule has 150 valence electrons. The van der Waals surface area contributed by atoms with E-state index in [0.717, 1.165) is 22.8 Å². The number of alkyl halides is 3. The van der Waals surface area contributed by atoms with E-state index in [1.807, 2.05) is 30.6 Å². The van der Waals surface area contributed by atoms with Gasteiger partial charge in [-0.3, -0.25) is 0 Å². The average Bonchev–Trinajstić information content (AvgIpc) is 2.72. The Morgan fingerprint density at radius 3 is 2.53 bits per heavy atom. The maximum Gasteiger partial charge on any atom is 0.416 e. The monoisotopic (exact) mass is 410 g/mol. The van der Waals surface area contributed by atoms with Gasteiger partial charge in [-0.05, 0) is 24.3 Å². The Kier molecular flexibility index (Phi) is 5.78. The number of halogens is 3. The second-order valence-electron chi connectivity index (χ2n) is 6.06. The summed E-state index contributed by atoms with van der Waals surface area (Å²) in [5, 5.41) is 9.29. The first kappa shape index (κ1) is 20.5. The molecule has 9 heteroatoms. The zero-order valence-corrected chi connectivity index (χ0v) is 15.4. The van der Waals surface area contributed by atoms with Gasteiger partial charge in [-0.1, -0.05) is 18.2 Å². The van der Waals surface area contributed by atoms with Gasteiger partial charge in [-0.2, -0.15) is 28.0 Å². The second kappa shape index (κ2) is 8.45. The molecule has 0 aliphatic rings. The summed E-state index contributed by atoms with van der Waals surface area (Å²) in [6.07, 6.45) is 5.48. The maximum absolute atomic E-state index is 13.0. The minimum Gasteiger partial charge on any atom is -0.384 e. The lowest BCUT2D eigenvalue weighted by Crippen LogP contribution is -2.26. The van der Waals surface area contributed by atoms with Crippen molar-refractivity contribution in [3.63, 3.8) is 0 Å². The van der Waals surface area contributed by atoms with Gasteiger partial charge in [0.1, 0.15) is 11.9 Å². The van der Waals surface area contributed by atoms with Crippen LogP contribution in [0.1, 0.15) is 16.8 Å². The van der Waals surface area contributed by atoms with Crippen LogP contribution >= 0.6 is 0 Å². The number of anilines is 1. The molecule has 2 heterocycles. The Bertz CT molecular complexity index is 1220. The molecule has 2 N–H and O–H groups in total. The highest BCUT2D eigenvalue weighted by atomic mass is 19.4. The summed E-state index contributed by atoms with van der Waals surface area (Å²) < 4.78 is 41.7. The van der Waals surface area contributed by atoms with Gasteiger partial charge in [0.2, 0.25) is 0 Å². The normalized spacial score (nSPS) is 11.8. The number of pyridine rings is 1. The molecule has 0 saturated carbocycles. The van der Waals surface area contributed by atoms with E-state index in [1.54, 1.807) is 29.0 Å². The Labute approximate surface area is 169 Å². The first-order chi connectivity index (χ1) is 14.3. The molecule has 0 atom stereocenters. The predicted molar refractivity (Wildman–Crippen MR) is 105 cm³/mol. The fourth-order valence-electron chi connectivity index (χ4n) is 2.68. The standard InChI is InChI=1S/C21H14F3N5O/c22-21(23,24)15-7-6-8-16(13-15)29-19(26)17(18(14-25)27-20(29)30)9-2-5-12-28-10-3-1-4-11-28/h1-13H,(H-,26,27,30)/p+1/b9-2+,12-5+. The van der Waals surface area contributed by atoms with E-state index in [-0.39, 0.29) is 22.8 Å². The molecule has 0 unspecified atom stereocenters. The first-order valence-corrected chi connectivity index (χ1v) is 8.62. The molecule has 3 rings (SSSR count). The molecule has 1 aromatic carbocycles. The Hall–Kier alpha value is -4.19. The average molecular weight is 410 g/mol. The SMILES string of the molecule is N#Cc1nc(=O)n(-c2cccc(C(F)(F)F)c2)c(N)c1/C=C/C=C/[n+]1ccccc1. The number of hydrogen-bond donors (Lipinski definition) is 1. The lowest BCUT2D eigenvalue weighted by atomic mass is 10.1. The van der Waals surface area contributed by atoms with Crippen molar-refractivity contribution < 1.29 is 17.7 Å². The van der Waals surface area contributed by atoms with E-state index in [1.165, 1.54) is 12.1 Å². The third-order valence-electron chi connectivity index (χ3n) is 4.08. The van der Waals surface area contributed by atoms with Gasteiger partial charge in [-0.15, -0.1) is 0 Å². The fourth-order valence-corrected chi connectivity index (χ4v) is 2.68. The summed E-state index contributed by atoms with van der Waals surface area (Å²) in [7, 11) is 0. The van der Waals surface area contributed by atoms with E-state index < -0.39 is 17.4 Å². The first-order valence-electron chi connectivity index (χ1n) is 8.62. The Morgan fingerprint density at radius 1 is 1.13 bits per heavy atom. The highest BCUT2D eigenvalue weighted by molar-refractivity contribution is 5.68. The van der Waals surface area contributed by atoms with Gasteiger partial charge in [0.05, 0.1) is 16.8 Å². The van der Waals surface area contributed by atoms with Crippen LogP contribution < -0.4 is 16.0 Å². The molecule has 0 aliphatic heterocycles. The Balaban J connectivity index is 2.06. The van der Waals surface area contributed by atoms with E-state index >= 15 is 0 Å². The molecule has 2 aromatic heterocycles. The zero-order valence-electron chi connectivity index (χ0n) is 15.4. The minimum absolute atomic E-state index is 0.102. The van der Waals surface area contributed by atoms with Gasteiger partial charge in [0.15, 0.2) is 24.3 Å². The number of hydrogen-bond acceptors (Lipinski definition) is 4. The van der Waals surface area contributed by atoms with Crippen molar-refractivity contribution >= 4 is 18.1 Å². The van der Waals surface area contributed by atoms with E-state index in [9.17, 15) is 23.2 Å². The van der Waals surface area contributed by atoms with Crippen LogP contribution in [0, 0.1) is 11.3 Å². The van der Waals surface area contributed by atoms with Crippen LogP contribution in [0.4, 0.5) is 19.0 Å². The maximum atomic E-state index is 13.0. The van der Waals surface area contributed by atoms with Gasteiger partial charge in [0.25, 0.3) is 0 Å². The van der Waals surface area contributed by atoms with Crippen LogP contribution in [0.15, 0.2) is 71.8 Å². The van der Waals surface area contributed by atoms with Crippen molar-refractivity contribution in [3.05, 3.63) is 94.3 Å². The van der Waals surface area contributed by atoms with E-state index in [0.29, 0.717) is 0 Å². The quantitative estimate of drug-likeness (QED) is 0.529. The van der Waals surface area contributed by atoms with Crippen LogP contribution in [-0.4, -0.2) is 9.55 Å². The molecule has 30 heavy (non-hydrogen) atoms. The minimum atomic E-state index is -4.59. The topological polar surface area (TPSA) is 88.6 Å². The molecule has 0 bridgehead atoms. The largest absolute Gasteiger partial charge is 0.416 e. The Morgan fingerprint density at radius 2 is 1.87 bits per heavy atom. The van der Waals surface area contributed by atoms with Gasteiger partial charge >= 0.3 is 11.9 Å². The smallest absolute Gasteiger partial charge is 0.384 e. The van der Waals surface area contributed by atoms with Crippen molar-refractivity contribution in [1.82, 2.24) is 9.55 Å². The van der Waals surface area contributed by atoms with Gasteiger partial charge < -0.3 is 5.73 Å². The van der Waals surface area contributed by atoms with Crippen molar-refractivity contribution in [2.45, 2.75) is 6.18 Å². The molecule has 0 fully saturated rings. The molecule has 0 aliphatic carbocycles. The van der Waals surface area contributed by atoms with Crippen LogP contribution in [0.2, 0.25) is 0 Å². The number of benzene rings is 1. The lowest BCUT2D eigenvalue weighted by molar-refractivity contribution is -0.568. The molecule has 6 nitrogen and oxygen atoms in total. The summed E-state index contributed by atoms with van der Waals surface area (Å²) in [4.78, 5) is 16.0. The number of nitrogens with zero attached hydrogens (tertiary/aromatic N) is 4. The number of nitriles is 1. The zero-order chi connectivity index (χ0) is 21.7. The third kappa shape index (κ3) is 4.44. The van der Waals surface area contributed by atoms with Crippen molar-refractivity contribution in [2.24, 2.45) is 0 Å². The van der Waals surface area contributed by atoms with Crippen LogP contribution in [-0.2, 0) is 6.18 Å². The molecule has 0 radical (unpaired) electrons. The van der Waals surface area contributed by atoms with E-state index in [4.69, 9.17) is 5.73 Å². The molecule has 0 spiro atoms. The predicted octanol–water partition coefficient (Wildman–Crippen LogP) is 3.18. The number of nitrogens with two attached hydrogens (primary N) is 1. The highest BCUT2D eigenvalue weighted by Gasteiger charge is 2.30. The highest BCUT2D eigenvalue weighted by Crippen LogP contribution is 2.30.